The van der Waals surface area contributed by atoms with Crippen LogP contribution in [0.25, 0.3) is 0 Å². The second-order valence-electron chi connectivity index (χ2n) is 15.9. The van der Waals surface area contributed by atoms with Gasteiger partial charge in [-0.05, 0) is 49.4 Å². The Balaban J connectivity index is 0.955. The fourth-order valence-electron chi connectivity index (χ4n) is 7.12. The SMILES string of the molecule is C=C1C[C@H]2C=Nc3cc(OCCCC(=O)Nc4cc(C(=O)Nc5cc(C(=O)Nc6cc(C(=O)NCCCOC(=O)C(N)C(C)C)n(C)c6)n(C)c5)n(C)c4)c(OC)cc3C(=O)N2C1. The number of nitrogens with zero attached hydrogens (tertiary/aromatic N) is 5. The molecular weight excluding hydrogens is 813 g/mol. The lowest BCUT2D eigenvalue weighted by atomic mass is 10.1. The number of fused-ring (bicyclic) bond motifs is 2. The van der Waals surface area contributed by atoms with Gasteiger partial charge in [0.15, 0.2) is 11.5 Å². The first-order valence-corrected chi connectivity index (χ1v) is 20.5. The lowest BCUT2D eigenvalue weighted by Crippen LogP contribution is -2.37. The summed E-state index contributed by atoms with van der Waals surface area (Å²) < 4.78 is 21.4. The van der Waals surface area contributed by atoms with E-state index in [2.05, 4.69) is 32.8 Å². The van der Waals surface area contributed by atoms with Crippen molar-refractivity contribution in [3.63, 3.8) is 0 Å². The van der Waals surface area contributed by atoms with Gasteiger partial charge in [0.25, 0.3) is 23.6 Å². The predicted molar refractivity (Wildman–Crippen MR) is 236 cm³/mol. The molecular formula is C44H54N10O9. The molecule has 2 aliphatic rings. The summed E-state index contributed by atoms with van der Waals surface area (Å²) >= 11 is 0. The lowest BCUT2D eigenvalue weighted by molar-refractivity contribution is -0.146. The molecule has 5 heterocycles. The third-order valence-corrected chi connectivity index (χ3v) is 10.6. The van der Waals surface area contributed by atoms with Crippen molar-refractivity contribution in [2.24, 2.45) is 37.8 Å². The first-order valence-electron chi connectivity index (χ1n) is 20.5. The molecule has 0 radical (unpaired) electrons. The average Bonchev–Trinajstić information content (AvgIpc) is 4.00. The van der Waals surface area contributed by atoms with Crippen molar-refractivity contribution < 1.29 is 43.0 Å². The summed E-state index contributed by atoms with van der Waals surface area (Å²) in [6.45, 7) is 8.72. The van der Waals surface area contributed by atoms with Crippen LogP contribution in [-0.4, -0.2) is 106 Å². The molecule has 5 amide bonds. The van der Waals surface area contributed by atoms with Crippen LogP contribution in [0.2, 0.25) is 0 Å². The molecule has 19 nitrogen and oxygen atoms in total. The number of benzene rings is 1. The molecule has 0 aliphatic carbocycles. The van der Waals surface area contributed by atoms with E-state index >= 15 is 0 Å². The van der Waals surface area contributed by atoms with E-state index in [1.807, 2.05) is 13.8 Å². The molecule has 1 aromatic carbocycles. The molecule has 3 aromatic heterocycles. The standard InChI is InChI=1S/C44H54N10O9/c1-25(2)39(45)44(60)63-13-9-11-46-40(56)33-16-28(23-51(33)4)49-42(58)35-17-29(24-53(35)6)50-41(57)34-15-27(22-52(34)5)48-38(55)10-8-12-62-37-19-32-31(18-36(37)61-7)43(59)54-21-26(3)14-30(54)20-47-32/h15-20,22-25,30,39H,3,8-14,21,45H2,1-2,4-7H3,(H,46,56)(H,48,55)(H,49,58)(H,50,57)/t30-,39?/m0/s1. The molecule has 19 heteroatoms. The summed E-state index contributed by atoms with van der Waals surface area (Å²) in [5.41, 5.74) is 9.64. The number of esters is 1. The number of carbonyl (C=O) groups excluding carboxylic acids is 6. The van der Waals surface area contributed by atoms with Gasteiger partial charge in [-0.2, -0.15) is 0 Å². The average molecular weight is 867 g/mol. The van der Waals surface area contributed by atoms with Crippen molar-refractivity contribution in [2.75, 3.05) is 49.4 Å². The van der Waals surface area contributed by atoms with E-state index in [0.29, 0.717) is 71.3 Å². The summed E-state index contributed by atoms with van der Waals surface area (Å²) in [4.78, 5) is 83.7. The van der Waals surface area contributed by atoms with Gasteiger partial charge in [0.05, 0.1) is 54.7 Å². The van der Waals surface area contributed by atoms with Gasteiger partial charge in [-0.25, -0.2) is 0 Å². The minimum atomic E-state index is -0.702. The molecule has 63 heavy (non-hydrogen) atoms. The monoisotopic (exact) mass is 866 g/mol. The minimum Gasteiger partial charge on any atom is -0.493 e. The maximum absolute atomic E-state index is 13.3. The Morgan fingerprint density at radius 1 is 0.825 bits per heavy atom. The summed E-state index contributed by atoms with van der Waals surface area (Å²) in [6, 6.07) is 7.06. The Kier molecular flexibility index (Phi) is 14.2. The summed E-state index contributed by atoms with van der Waals surface area (Å²) in [5, 5.41) is 11.2. The molecule has 0 spiro atoms. The highest BCUT2D eigenvalue weighted by Crippen LogP contribution is 2.38. The zero-order chi connectivity index (χ0) is 45.5. The van der Waals surface area contributed by atoms with Gasteiger partial charge >= 0.3 is 5.97 Å². The van der Waals surface area contributed by atoms with Gasteiger partial charge in [-0.3, -0.25) is 33.8 Å². The first-order chi connectivity index (χ1) is 30.0. The van der Waals surface area contributed by atoms with Crippen LogP contribution in [-0.2, 0) is 35.5 Å². The Labute approximate surface area is 364 Å². The fourth-order valence-corrected chi connectivity index (χ4v) is 7.12. The van der Waals surface area contributed by atoms with Crippen molar-refractivity contribution >= 4 is 64.5 Å². The number of aromatic nitrogens is 3. The zero-order valence-corrected chi connectivity index (χ0v) is 36.3. The Morgan fingerprint density at radius 3 is 2.00 bits per heavy atom. The zero-order valence-electron chi connectivity index (χ0n) is 36.3. The smallest absolute Gasteiger partial charge is 0.323 e. The Hall–Kier alpha value is -7.15. The van der Waals surface area contributed by atoms with Gasteiger partial charge in [-0.1, -0.05) is 26.0 Å². The molecule has 1 saturated heterocycles. The van der Waals surface area contributed by atoms with Crippen LogP contribution in [0.1, 0.15) is 81.4 Å². The molecule has 0 saturated carbocycles. The molecule has 2 aliphatic heterocycles. The van der Waals surface area contributed by atoms with Gasteiger partial charge < -0.3 is 59.8 Å². The first kappa shape index (κ1) is 45.4. The number of hydrogen-bond donors (Lipinski definition) is 5. The number of hydrogen-bond acceptors (Lipinski definition) is 11. The fraction of sp³-hybridized carbons (Fsp3) is 0.386. The highest BCUT2D eigenvalue weighted by Gasteiger charge is 2.34. The van der Waals surface area contributed by atoms with E-state index in [4.69, 9.17) is 19.9 Å². The van der Waals surface area contributed by atoms with Gasteiger partial charge in [0.1, 0.15) is 23.1 Å². The number of nitrogens with one attached hydrogen (secondary N) is 4. The maximum atomic E-state index is 13.3. The van der Waals surface area contributed by atoms with Crippen LogP contribution in [0.3, 0.4) is 0 Å². The highest BCUT2D eigenvalue weighted by atomic mass is 16.5. The van der Waals surface area contributed by atoms with Gasteiger partial charge in [0.2, 0.25) is 5.91 Å². The van der Waals surface area contributed by atoms with E-state index in [9.17, 15) is 28.8 Å². The predicted octanol–water partition coefficient (Wildman–Crippen LogP) is 4.15. The van der Waals surface area contributed by atoms with E-state index in [1.165, 1.54) is 19.2 Å². The number of rotatable bonds is 18. The topological polar surface area (TPSA) is 235 Å². The van der Waals surface area contributed by atoms with E-state index in [0.717, 1.165) is 5.57 Å². The van der Waals surface area contributed by atoms with Crippen molar-refractivity contribution in [3.8, 4) is 11.5 Å². The second-order valence-corrected chi connectivity index (χ2v) is 15.9. The van der Waals surface area contributed by atoms with Gasteiger partial charge in [-0.15, -0.1) is 0 Å². The van der Waals surface area contributed by atoms with Crippen LogP contribution in [0.5, 0.6) is 11.5 Å². The third-order valence-electron chi connectivity index (χ3n) is 10.6. The van der Waals surface area contributed by atoms with E-state index < -0.39 is 23.8 Å². The third kappa shape index (κ3) is 10.8. The number of amides is 5. The van der Waals surface area contributed by atoms with Crippen molar-refractivity contribution in [2.45, 2.75) is 51.6 Å². The summed E-state index contributed by atoms with van der Waals surface area (Å²) in [6.07, 6.45) is 8.13. The summed E-state index contributed by atoms with van der Waals surface area (Å²) in [7, 11) is 6.49. The van der Waals surface area contributed by atoms with Crippen molar-refractivity contribution in [1.82, 2.24) is 23.9 Å². The number of aliphatic imine (C=N–C) groups is 1. The quantitative estimate of drug-likeness (QED) is 0.0545. The van der Waals surface area contributed by atoms with Crippen LogP contribution in [0.4, 0.5) is 22.7 Å². The minimum absolute atomic E-state index is 0.0457. The number of ether oxygens (including phenoxy) is 3. The maximum Gasteiger partial charge on any atom is 0.323 e. The van der Waals surface area contributed by atoms with E-state index in [-0.39, 0.29) is 67.2 Å². The normalized spacial score (nSPS) is 14.7. The molecule has 1 fully saturated rings. The number of carbonyl (C=O) groups is 6. The van der Waals surface area contributed by atoms with Crippen molar-refractivity contribution in [1.29, 1.82) is 0 Å². The molecule has 2 atom stereocenters. The second kappa shape index (κ2) is 19.7. The summed E-state index contributed by atoms with van der Waals surface area (Å²) in [5.74, 6) is -1.48. The molecule has 334 valence electrons. The number of methoxy groups -OCH3 is 1. The van der Waals surface area contributed by atoms with Crippen LogP contribution < -0.4 is 36.5 Å². The number of nitrogens with two attached hydrogens (primary N) is 1. The molecule has 6 N–H and O–H groups in total. The lowest BCUT2D eigenvalue weighted by Gasteiger charge is -2.20. The largest absolute Gasteiger partial charge is 0.493 e. The van der Waals surface area contributed by atoms with Crippen LogP contribution in [0.15, 0.2) is 66.1 Å². The molecule has 1 unspecified atom stereocenters. The van der Waals surface area contributed by atoms with E-state index in [1.54, 1.807) is 82.7 Å². The molecule has 0 bridgehead atoms. The number of aryl methyl sites for hydroxylation is 3. The highest BCUT2D eigenvalue weighted by molar-refractivity contribution is 6.08. The van der Waals surface area contributed by atoms with Crippen LogP contribution in [0, 0.1) is 5.92 Å². The van der Waals surface area contributed by atoms with Gasteiger partial charge in [0, 0.05) is 71.5 Å². The Bertz CT molecular complexity index is 2460. The van der Waals surface area contributed by atoms with Crippen molar-refractivity contribution in [3.05, 3.63) is 83.7 Å². The Morgan fingerprint density at radius 2 is 1.41 bits per heavy atom. The molecule has 6 rings (SSSR count). The van der Waals surface area contributed by atoms with Crippen LogP contribution >= 0.6 is 0 Å². The number of anilines is 3. The molecule has 4 aromatic rings.